The Kier molecular flexibility index (Phi) is 9.23. The Balaban J connectivity index is 0.00000312. The number of halogens is 1. The molecule has 1 amide bonds. The standard InChI is InChI=1S/C17H26N4O3.ClH/c18-10-6-2-1-3-9-17(22)20-13-11-19(12-14-20)15-7-4-5-8-16(15)21(23)24;/h4-5,7-8H,1-3,6,9-14,18H2;1H. The lowest BCUT2D eigenvalue weighted by molar-refractivity contribution is -0.384. The lowest BCUT2D eigenvalue weighted by Gasteiger charge is -2.35. The van der Waals surface area contributed by atoms with Gasteiger partial charge in [0.25, 0.3) is 5.69 Å². The van der Waals surface area contributed by atoms with E-state index in [1.807, 2.05) is 9.80 Å². The molecule has 0 unspecified atom stereocenters. The maximum atomic E-state index is 12.2. The van der Waals surface area contributed by atoms with E-state index in [4.69, 9.17) is 5.73 Å². The van der Waals surface area contributed by atoms with E-state index in [0.717, 1.165) is 25.7 Å². The maximum Gasteiger partial charge on any atom is 0.292 e. The molecule has 8 heteroatoms. The highest BCUT2D eigenvalue weighted by Crippen LogP contribution is 2.28. The Morgan fingerprint density at radius 3 is 2.36 bits per heavy atom. The molecule has 2 N–H and O–H groups in total. The Labute approximate surface area is 154 Å². The topological polar surface area (TPSA) is 92.7 Å². The van der Waals surface area contributed by atoms with Crippen LogP contribution in [0.2, 0.25) is 0 Å². The molecule has 0 atom stereocenters. The van der Waals surface area contributed by atoms with Gasteiger partial charge in [-0.05, 0) is 25.5 Å². The molecule has 0 bridgehead atoms. The number of nitrogens with two attached hydrogens (primary N) is 1. The van der Waals surface area contributed by atoms with Crippen molar-refractivity contribution in [1.29, 1.82) is 0 Å². The summed E-state index contributed by atoms with van der Waals surface area (Å²) in [6.07, 6.45) is 4.62. The number of benzene rings is 1. The van der Waals surface area contributed by atoms with E-state index in [0.29, 0.717) is 44.8 Å². The van der Waals surface area contributed by atoms with Crippen molar-refractivity contribution in [3.63, 3.8) is 0 Å². The van der Waals surface area contributed by atoms with Crippen molar-refractivity contribution >= 4 is 29.7 Å². The molecule has 0 radical (unpaired) electrons. The number of carbonyl (C=O) groups excluding carboxylic acids is 1. The highest BCUT2D eigenvalue weighted by Gasteiger charge is 2.25. The molecule has 7 nitrogen and oxygen atoms in total. The Morgan fingerprint density at radius 1 is 1.08 bits per heavy atom. The summed E-state index contributed by atoms with van der Waals surface area (Å²) in [6, 6.07) is 6.77. The second-order valence-corrected chi connectivity index (χ2v) is 6.07. The second kappa shape index (κ2) is 10.9. The van der Waals surface area contributed by atoms with E-state index in [2.05, 4.69) is 0 Å². The van der Waals surface area contributed by atoms with Crippen molar-refractivity contribution in [3.8, 4) is 0 Å². The van der Waals surface area contributed by atoms with Gasteiger partial charge in [-0.2, -0.15) is 0 Å². The van der Waals surface area contributed by atoms with Crippen LogP contribution in [0.25, 0.3) is 0 Å². The van der Waals surface area contributed by atoms with Crippen LogP contribution in [0.5, 0.6) is 0 Å². The first kappa shape index (κ1) is 21.2. The molecule has 25 heavy (non-hydrogen) atoms. The summed E-state index contributed by atoms with van der Waals surface area (Å²) in [4.78, 5) is 26.9. The number of amides is 1. The van der Waals surface area contributed by atoms with Crippen molar-refractivity contribution in [1.82, 2.24) is 4.90 Å². The molecular weight excluding hydrogens is 344 g/mol. The first-order valence-electron chi connectivity index (χ1n) is 8.59. The number of piperazine rings is 1. The molecular formula is C17H27ClN4O3. The van der Waals surface area contributed by atoms with Gasteiger partial charge in [0.2, 0.25) is 5.91 Å². The number of nitro groups is 1. The third-order valence-electron chi connectivity index (χ3n) is 4.40. The molecule has 0 aromatic heterocycles. The first-order chi connectivity index (χ1) is 11.6. The third-order valence-corrected chi connectivity index (χ3v) is 4.40. The van der Waals surface area contributed by atoms with Crippen molar-refractivity contribution in [3.05, 3.63) is 34.4 Å². The predicted molar refractivity (Wildman–Crippen MR) is 101 cm³/mol. The van der Waals surface area contributed by atoms with Crippen molar-refractivity contribution < 1.29 is 9.72 Å². The van der Waals surface area contributed by atoms with Gasteiger partial charge in [-0.15, -0.1) is 12.4 Å². The summed E-state index contributed by atoms with van der Waals surface area (Å²) in [5.74, 6) is 0.185. The first-order valence-corrected chi connectivity index (χ1v) is 8.59. The summed E-state index contributed by atoms with van der Waals surface area (Å²) in [7, 11) is 0. The number of carbonyl (C=O) groups is 1. The van der Waals surface area contributed by atoms with Crippen LogP contribution < -0.4 is 10.6 Å². The second-order valence-electron chi connectivity index (χ2n) is 6.07. The molecule has 1 fully saturated rings. The summed E-state index contributed by atoms with van der Waals surface area (Å²) in [5, 5.41) is 11.1. The van der Waals surface area contributed by atoms with Gasteiger partial charge in [-0.3, -0.25) is 14.9 Å². The molecule has 0 aliphatic carbocycles. The van der Waals surface area contributed by atoms with Crippen LogP contribution in [-0.2, 0) is 4.79 Å². The Morgan fingerprint density at radius 2 is 1.72 bits per heavy atom. The molecule has 1 aromatic carbocycles. The number of anilines is 1. The van der Waals surface area contributed by atoms with Crippen LogP contribution in [-0.4, -0.2) is 48.5 Å². The lowest BCUT2D eigenvalue weighted by atomic mass is 10.1. The summed E-state index contributed by atoms with van der Waals surface area (Å²) in [6.45, 7) is 3.20. The molecule has 0 saturated carbocycles. The molecule has 1 aliphatic heterocycles. The number of nitrogens with zero attached hydrogens (tertiary/aromatic N) is 3. The molecule has 140 valence electrons. The number of nitro benzene ring substituents is 1. The molecule has 2 rings (SSSR count). The minimum absolute atomic E-state index is 0. The minimum atomic E-state index is -0.353. The van der Waals surface area contributed by atoms with Crippen LogP contribution in [0.4, 0.5) is 11.4 Å². The van der Waals surface area contributed by atoms with Gasteiger partial charge < -0.3 is 15.5 Å². The summed E-state index contributed by atoms with van der Waals surface area (Å²) < 4.78 is 0. The minimum Gasteiger partial charge on any atom is -0.362 e. The number of unbranched alkanes of at least 4 members (excludes halogenated alkanes) is 3. The van der Waals surface area contributed by atoms with E-state index in [9.17, 15) is 14.9 Å². The van der Waals surface area contributed by atoms with E-state index in [-0.39, 0.29) is 28.9 Å². The van der Waals surface area contributed by atoms with Crippen molar-refractivity contribution in [2.24, 2.45) is 5.73 Å². The van der Waals surface area contributed by atoms with E-state index in [1.165, 1.54) is 6.07 Å². The zero-order valence-electron chi connectivity index (χ0n) is 14.4. The normalized spacial score (nSPS) is 14.1. The zero-order valence-corrected chi connectivity index (χ0v) is 15.2. The average molecular weight is 371 g/mol. The number of para-hydroxylation sites is 2. The van der Waals surface area contributed by atoms with Gasteiger partial charge in [-0.25, -0.2) is 0 Å². The fourth-order valence-corrected chi connectivity index (χ4v) is 3.01. The van der Waals surface area contributed by atoms with Crippen molar-refractivity contribution in [2.45, 2.75) is 32.1 Å². The van der Waals surface area contributed by atoms with Crippen LogP contribution in [0.1, 0.15) is 32.1 Å². The number of hydrogen-bond donors (Lipinski definition) is 1. The van der Waals surface area contributed by atoms with Crippen molar-refractivity contribution in [2.75, 3.05) is 37.6 Å². The molecule has 1 heterocycles. The predicted octanol–water partition coefficient (Wildman–Crippen LogP) is 2.57. The highest BCUT2D eigenvalue weighted by atomic mass is 35.5. The van der Waals surface area contributed by atoms with Crippen LogP contribution in [0, 0.1) is 10.1 Å². The van der Waals surface area contributed by atoms with Gasteiger partial charge in [0, 0.05) is 38.7 Å². The van der Waals surface area contributed by atoms with Crippen LogP contribution >= 0.6 is 12.4 Å². The molecule has 1 aliphatic rings. The maximum absolute atomic E-state index is 12.2. The van der Waals surface area contributed by atoms with Crippen LogP contribution in [0.3, 0.4) is 0 Å². The van der Waals surface area contributed by atoms with Gasteiger partial charge in [0.05, 0.1) is 4.92 Å². The van der Waals surface area contributed by atoms with Gasteiger partial charge >= 0.3 is 0 Å². The summed E-state index contributed by atoms with van der Waals surface area (Å²) in [5.41, 5.74) is 6.21. The fourth-order valence-electron chi connectivity index (χ4n) is 3.01. The highest BCUT2D eigenvalue weighted by molar-refractivity contribution is 5.85. The number of rotatable bonds is 8. The van der Waals surface area contributed by atoms with Gasteiger partial charge in [0.15, 0.2) is 0 Å². The monoisotopic (exact) mass is 370 g/mol. The molecule has 1 aromatic rings. The smallest absolute Gasteiger partial charge is 0.292 e. The zero-order chi connectivity index (χ0) is 17.4. The molecule has 0 spiro atoms. The Hall–Kier alpha value is -1.86. The van der Waals surface area contributed by atoms with Gasteiger partial charge in [-0.1, -0.05) is 25.0 Å². The number of hydrogen-bond acceptors (Lipinski definition) is 5. The largest absolute Gasteiger partial charge is 0.362 e. The van der Waals surface area contributed by atoms with Gasteiger partial charge in [0.1, 0.15) is 5.69 Å². The van der Waals surface area contributed by atoms with E-state index < -0.39 is 0 Å². The summed E-state index contributed by atoms with van der Waals surface area (Å²) >= 11 is 0. The SMILES string of the molecule is Cl.NCCCCCCC(=O)N1CCN(c2ccccc2[N+](=O)[O-])CC1. The lowest BCUT2D eigenvalue weighted by Crippen LogP contribution is -2.48. The third kappa shape index (κ3) is 6.17. The van der Waals surface area contributed by atoms with E-state index >= 15 is 0 Å². The van der Waals surface area contributed by atoms with Crippen LogP contribution in [0.15, 0.2) is 24.3 Å². The fraction of sp³-hybridized carbons (Fsp3) is 0.588. The average Bonchev–Trinajstić information content (AvgIpc) is 2.61. The van der Waals surface area contributed by atoms with E-state index in [1.54, 1.807) is 18.2 Å². The quantitative estimate of drug-likeness (QED) is 0.431. The Bertz CT molecular complexity index is 563. The molecule has 1 saturated heterocycles.